The average Bonchev–Trinajstić information content (AvgIpc) is 3.20. The highest BCUT2D eigenvalue weighted by Gasteiger charge is 2.39. The fourth-order valence-electron chi connectivity index (χ4n) is 2.51. The van der Waals surface area contributed by atoms with Crippen LogP contribution in [0, 0.1) is 0 Å². The molecule has 0 heterocycles. The normalized spacial score (nSPS) is 21.1. The van der Waals surface area contributed by atoms with E-state index in [1.807, 2.05) is 24.3 Å². The zero-order valence-corrected chi connectivity index (χ0v) is 11.0. The molecular weight excluding hydrogens is 260 g/mol. The molecule has 2 atom stereocenters. The van der Waals surface area contributed by atoms with Crippen LogP contribution in [0.3, 0.4) is 0 Å². The molecule has 1 N–H and O–H groups in total. The molecule has 2 nitrogen and oxygen atoms in total. The Morgan fingerprint density at radius 1 is 0.947 bits per heavy atom. The van der Waals surface area contributed by atoms with E-state index >= 15 is 0 Å². The summed E-state index contributed by atoms with van der Waals surface area (Å²) in [6.45, 7) is 0. The van der Waals surface area contributed by atoms with Crippen LogP contribution < -0.4 is 0 Å². The highest BCUT2D eigenvalue weighted by atomic mass is 35.5. The highest BCUT2D eigenvalue weighted by molar-refractivity contribution is 6.30. The molecule has 19 heavy (non-hydrogen) atoms. The Hall–Kier alpha value is -1.80. The van der Waals surface area contributed by atoms with Gasteiger partial charge in [-0.1, -0.05) is 35.9 Å². The lowest BCUT2D eigenvalue weighted by atomic mass is 10.0. The maximum Gasteiger partial charge on any atom is 0.335 e. The van der Waals surface area contributed by atoms with E-state index in [4.69, 9.17) is 16.7 Å². The maximum atomic E-state index is 10.8. The van der Waals surface area contributed by atoms with Crippen molar-refractivity contribution >= 4 is 17.6 Å². The summed E-state index contributed by atoms with van der Waals surface area (Å²) < 4.78 is 0. The van der Waals surface area contributed by atoms with Crippen LogP contribution in [-0.4, -0.2) is 11.1 Å². The molecule has 0 radical (unpaired) electrons. The predicted molar refractivity (Wildman–Crippen MR) is 75.0 cm³/mol. The molecule has 96 valence electrons. The van der Waals surface area contributed by atoms with Crippen molar-refractivity contribution in [3.8, 4) is 0 Å². The Bertz CT molecular complexity index is 602. The molecule has 1 saturated carbocycles. The van der Waals surface area contributed by atoms with Crippen LogP contribution >= 0.6 is 11.6 Å². The predicted octanol–water partition coefficient (Wildman–Crippen LogP) is 4.31. The van der Waals surface area contributed by atoms with Crippen molar-refractivity contribution in [1.82, 2.24) is 0 Å². The standard InChI is InChI=1S/C16H13ClO2/c17-13-7-5-11(6-8-13)15-9-14(15)10-1-3-12(4-2-10)16(18)19/h1-8,14-15H,9H2,(H,18,19). The molecule has 0 aliphatic heterocycles. The van der Waals surface area contributed by atoms with E-state index in [0.717, 1.165) is 11.4 Å². The summed E-state index contributed by atoms with van der Waals surface area (Å²) in [7, 11) is 0. The molecule has 0 bridgehead atoms. The Morgan fingerprint density at radius 2 is 1.42 bits per heavy atom. The van der Waals surface area contributed by atoms with Gasteiger partial charge in [-0.3, -0.25) is 0 Å². The largest absolute Gasteiger partial charge is 0.478 e. The number of benzene rings is 2. The van der Waals surface area contributed by atoms with Gasteiger partial charge in [0.25, 0.3) is 0 Å². The summed E-state index contributed by atoms with van der Waals surface area (Å²) >= 11 is 5.88. The van der Waals surface area contributed by atoms with Gasteiger partial charge in [0.15, 0.2) is 0 Å². The minimum absolute atomic E-state index is 0.340. The van der Waals surface area contributed by atoms with Crippen LogP contribution in [0.1, 0.15) is 39.7 Å². The molecule has 1 fully saturated rings. The Morgan fingerprint density at radius 3 is 1.89 bits per heavy atom. The summed E-state index contributed by atoms with van der Waals surface area (Å²) in [5, 5.41) is 9.63. The van der Waals surface area contributed by atoms with Crippen molar-refractivity contribution in [2.75, 3.05) is 0 Å². The average molecular weight is 273 g/mol. The molecule has 1 aliphatic carbocycles. The van der Waals surface area contributed by atoms with Gasteiger partial charge in [-0.05, 0) is 53.6 Å². The van der Waals surface area contributed by atoms with Crippen LogP contribution in [0.2, 0.25) is 5.02 Å². The van der Waals surface area contributed by atoms with E-state index < -0.39 is 5.97 Å². The SMILES string of the molecule is O=C(O)c1ccc(C2CC2c2ccc(Cl)cc2)cc1. The number of carboxylic acids is 1. The van der Waals surface area contributed by atoms with E-state index in [0.29, 0.717) is 17.4 Å². The van der Waals surface area contributed by atoms with Crippen molar-refractivity contribution in [3.63, 3.8) is 0 Å². The number of hydrogen-bond acceptors (Lipinski definition) is 1. The number of halogens is 1. The van der Waals surface area contributed by atoms with E-state index in [-0.39, 0.29) is 0 Å². The van der Waals surface area contributed by atoms with Crippen LogP contribution in [-0.2, 0) is 0 Å². The Kier molecular flexibility index (Phi) is 3.03. The summed E-state index contributed by atoms with van der Waals surface area (Å²) in [4.78, 5) is 10.8. The number of rotatable bonds is 3. The lowest BCUT2D eigenvalue weighted by Gasteiger charge is -2.02. The topological polar surface area (TPSA) is 37.3 Å². The van der Waals surface area contributed by atoms with Gasteiger partial charge in [0.2, 0.25) is 0 Å². The van der Waals surface area contributed by atoms with E-state index in [1.165, 1.54) is 11.1 Å². The first kappa shape index (κ1) is 12.2. The minimum atomic E-state index is -0.878. The Labute approximate surface area is 116 Å². The lowest BCUT2D eigenvalue weighted by Crippen LogP contribution is -1.95. The summed E-state index contributed by atoms with van der Waals surface area (Å²) in [6.07, 6.45) is 1.12. The summed E-state index contributed by atoms with van der Waals surface area (Å²) in [6, 6.07) is 15.2. The highest BCUT2D eigenvalue weighted by Crippen LogP contribution is 2.54. The van der Waals surface area contributed by atoms with Crippen LogP contribution in [0.4, 0.5) is 0 Å². The molecule has 2 aromatic carbocycles. The van der Waals surface area contributed by atoms with E-state index in [1.54, 1.807) is 12.1 Å². The second-order valence-electron chi connectivity index (χ2n) is 4.93. The van der Waals surface area contributed by atoms with E-state index in [9.17, 15) is 4.79 Å². The van der Waals surface area contributed by atoms with Gasteiger partial charge >= 0.3 is 5.97 Å². The van der Waals surface area contributed by atoms with Gasteiger partial charge in [0.05, 0.1) is 5.56 Å². The zero-order chi connectivity index (χ0) is 13.4. The molecule has 0 amide bonds. The third-order valence-electron chi connectivity index (χ3n) is 3.67. The fourth-order valence-corrected chi connectivity index (χ4v) is 2.64. The van der Waals surface area contributed by atoms with Crippen molar-refractivity contribution in [1.29, 1.82) is 0 Å². The molecule has 0 saturated heterocycles. The smallest absolute Gasteiger partial charge is 0.335 e. The van der Waals surface area contributed by atoms with Gasteiger partial charge < -0.3 is 5.11 Å². The zero-order valence-electron chi connectivity index (χ0n) is 10.2. The van der Waals surface area contributed by atoms with Crippen molar-refractivity contribution in [2.24, 2.45) is 0 Å². The minimum Gasteiger partial charge on any atom is -0.478 e. The fraction of sp³-hybridized carbons (Fsp3) is 0.188. The van der Waals surface area contributed by atoms with Gasteiger partial charge in [-0.25, -0.2) is 4.79 Å². The van der Waals surface area contributed by atoms with Gasteiger partial charge in [0, 0.05) is 5.02 Å². The van der Waals surface area contributed by atoms with Crippen molar-refractivity contribution < 1.29 is 9.90 Å². The van der Waals surface area contributed by atoms with Gasteiger partial charge in [-0.15, -0.1) is 0 Å². The molecule has 1 aliphatic rings. The molecule has 0 aromatic heterocycles. The third kappa shape index (κ3) is 2.49. The van der Waals surface area contributed by atoms with Crippen molar-refractivity contribution in [2.45, 2.75) is 18.3 Å². The molecule has 0 spiro atoms. The number of carboxylic acid groups (broad SMARTS) is 1. The van der Waals surface area contributed by atoms with Crippen molar-refractivity contribution in [3.05, 3.63) is 70.2 Å². The monoisotopic (exact) mass is 272 g/mol. The maximum absolute atomic E-state index is 10.8. The second kappa shape index (κ2) is 4.71. The Balaban J connectivity index is 1.75. The first-order chi connectivity index (χ1) is 9.15. The van der Waals surface area contributed by atoms with Gasteiger partial charge in [0.1, 0.15) is 0 Å². The third-order valence-corrected chi connectivity index (χ3v) is 3.93. The first-order valence-electron chi connectivity index (χ1n) is 6.24. The number of aromatic carboxylic acids is 1. The molecule has 2 aromatic rings. The molecular formula is C16H13ClO2. The van der Waals surface area contributed by atoms with E-state index in [2.05, 4.69) is 12.1 Å². The number of hydrogen-bond donors (Lipinski definition) is 1. The molecule has 3 heteroatoms. The second-order valence-corrected chi connectivity index (χ2v) is 5.36. The first-order valence-corrected chi connectivity index (χ1v) is 6.61. The summed E-state index contributed by atoms with van der Waals surface area (Å²) in [5.41, 5.74) is 2.86. The van der Waals surface area contributed by atoms with Crippen LogP contribution in [0.5, 0.6) is 0 Å². The van der Waals surface area contributed by atoms with Gasteiger partial charge in [-0.2, -0.15) is 0 Å². The van der Waals surface area contributed by atoms with Crippen LogP contribution in [0.25, 0.3) is 0 Å². The number of carbonyl (C=O) groups is 1. The van der Waals surface area contributed by atoms with Crippen LogP contribution in [0.15, 0.2) is 48.5 Å². The summed E-state index contributed by atoms with van der Waals surface area (Å²) in [5.74, 6) is 0.161. The molecule has 2 unspecified atom stereocenters. The lowest BCUT2D eigenvalue weighted by molar-refractivity contribution is 0.0697. The molecule has 3 rings (SSSR count). The quantitative estimate of drug-likeness (QED) is 0.904.